The van der Waals surface area contributed by atoms with Crippen molar-refractivity contribution in [3.63, 3.8) is 0 Å². The van der Waals surface area contributed by atoms with Gasteiger partial charge in [-0.3, -0.25) is 5.10 Å². The molecule has 16 heavy (non-hydrogen) atoms. The van der Waals surface area contributed by atoms with Gasteiger partial charge in [-0.2, -0.15) is 15.1 Å². The standard InChI is InChI=1S/C9H9N7/c10-7-6-1-2-11-8(6)16-9(15-7)14-5-3-12-13-4-5/h1-4H,(H,12,13)(H4,10,11,14,15,16). The second-order valence-electron chi connectivity index (χ2n) is 3.28. The van der Waals surface area contributed by atoms with Crippen molar-refractivity contribution in [3.05, 3.63) is 24.7 Å². The summed E-state index contributed by atoms with van der Waals surface area (Å²) in [5.74, 6) is 0.881. The van der Waals surface area contributed by atoms with Gasteiger partial charge in [0.05, 0.1) is 17.3 Å². The van der Waals surface area contributed by atoms with Crippen LogP contribution >= 0.6 is 0 Å². The van der Waals surface area contributed by atoms with E-state index in [2.05, 4.69) is 30.5 Å². The Labute approximate surface area is 90.1 Å². The predicted octanol–water partition coefficient (Wildman–Crippen LogP) is 1.01. The first-order valence-electron chi connectivity index (χ1n) is 4.69. The largest absolute Gasteiger partial charge is 0.383 e. The maximum atomic E-state index is 5.80. The van der Waals surface area contributed by atoms with Gasteiger partial charge in [-0.1, -0.05) is 0 Å². The van der Waals surface area contributed by atoms with E-state index >= 15 is 0 Å². The Kier molecular flexibility index (Phi) is 1.76. The van der Waals surface area contributed by atoms with Crippen LogP contribution in [0.2, 0.25) is 0 Å². The molecule has 7 nitrogen and oxygen atoms in total. The molecule has 3 aromatic heterocycles. The van der Waals surface area contributed by atoms with Gasteiger partial charge in [-0.15, -0.1) is 0 Å². The molecule has 7 heteroatoms. The Hall–Kier alpha value is -2.57. The van der Waals surface area contributed by atoms with Gasteiger partial charge in [-0.25, -0.2) is 0 Å². The van der Waals surface area contributed by atoms with Crippen LogP contribution in [0.3, 0.4) is 0 Å². The van der Waals surface area contributed by atoms with Crippen LogP contribution in [0.4, 0.5) is 17.5 Å². The van der Waals surface area contributed by atoms with Crippen molar-refractivity contribution in [2.75, 3.05) is 11.1 Å². The fourth-order valence-corrected chi connectivity index (χ4v) is 1.47. The highest BCUT2D eigenvalue weighted by Crippen LogP contribution is 2.19. The minimum absolute atomic E-state index is 0.439. The molecule has 0 unspecified atom stereocenters. The van der Waals surface area contributed by atoms with Crippen LogP contribution in [-0.2, 0) is 0 Å². The number of nitrogens with zero attached hydrogens (tertiary/aromatic N) is 3. The number of rotatable bonds is 2. The lowest BCUT2D eigenvalue weighted by Gasteiger charge is -2.02. The molecule has 0 aliphatic carbocycles. The van der Waals surface area contributed by atoms with Crippen molar-refractivity contribution in [2.45, 2.75) is 0 Å². The molecule has 3 heterocycles. The lowest BCUT2D eigenvalue weighted by molar-refractivity contribution is 1.09. The third-order valence-electron chi connectivity index (χ3n) is 2.20. The molecule has 0 aromatic carbocycles. The summed E-state index contributed by atoms with van der Waals surface area (Å²) >= 11 is 0. The van der Waals surface area contributed by atoms with E-state index in [0.717, 1.165) is 11.1 Å². The van der Waals surface area contributed by atoms with E-state index < -0.39 is 0 Å². The topological polar surface area (TPSA) is 108 Å². The Balaban J connectivity index is 2.04. The molecule has 0 fully saturated rings. The quantitative estimate of drug-likeness (QED) is 0.510. The summed E-state index contributed by atoms with van der Waals surface area (Å²) in [6.07, 6.45) is 5.12. The Bertz CT molecular complexity index is 610. The van der Waals surface area contributed by atoms with Gasteiger partial charge in [0.1, 0.15) is 11.5 Å². The zero-order valence-electron chi connectivity index (χ0n) is 8.23. The van der Waals surface area contributed by atoms with Gasteiger partial charge < -0.3 is 16.0 Å². The van der Waals surface area contributed by atoms with Gasteiger partial charge >= 0.3 is 0 Å². The van der Waals surface area contributed by atoms with E-state index in [1.165, 1.54) is 0 Å². The van der Waals surface area contributed by atoms with Crippen molar-refractivity contribution >= 4 is 28.5 Å². The third kappa shape index (κ3) is 1.34. The van der Waals surface area contributed by atoms with Crippen molar-refractivity contribution < 1.29 is 0 Å². The van der Waals surface area contributed by atoms with Gasteiger partial charge in [-0.05, 0) is 6.07 Å². The highest BCUT2D eigenvalue weighted by atomic mass is 15.2. The predicted molar refractivity (Wildman–Crippen MR) is 60.2 cm³/mol. The molecule has 5 N–H and O–H groups in total. The summed E-state index contributed by atoms with van der Waals surface area (Å²) in [7, 11) is 0. The molecule has 80 valence electrons. The number of fused-ring (bicyclic) bond motifs is 1. The van der Waals surface area contributed by atoms with Crippen molar-refractivity contribution in [1.29, 1.82) is 0 Å². The second-order valence-corrected chi connectivity index (χ2v) is 3.28. The first-order chi connectivity index (χ1) is 7.83. The lowest BCUT2D eigenvalue weighted by atomic mass is 10.4. The van der Waals surface area contributed by atoms with E-state index in [-0.39, 0.29) is 0 Å². The van der Waals surface area contributed by atoms with Crippen LogP contribution in [-0.4, -0.2) is 25.1 Å². The summed E-state index contributed by atoms with van der Waals surface area (Å²) in [6.45, 7) is 0. The highest BCUT2D eigenvalue weighted by Gasteiger charge is 2.06. The summed E-state index contributed by atoms with van der Waals surface area (Å²) in [5.41, 5.74) is 7.29. The molecule has 0 bridgehead atoms. The average molecular weight is 215 g/mol. The Morgan fingerprint density at radius 3 is 3.06 bits per heavy atom. The van der Waals surface area contributed by atoms with Crippen LogP contribution in [0.5, 0.6) is 0 Å². The number of hydrogen-bond donors (Lipinski definition) is 4. The minimum Gasteiger partial charge on any atom is -0.383 e. The number of nitrogen functional groups attached to an aromatic ring is 1. The number of aromatic amines is 2. The zero-order chi connectivity index (χ0) is 11.0. The number of nitrogens with two attached hydrogens (primary N) is 1. The molecule has 0 aliphatic heterocycles. The molecule has 3 rings (SSSR count). The molecule has 0 radical (unpaired) electrons. The maximum Gasteiger partial charge on any atom is 0.231 e. The fourth-order valence-electron chi connectivity index (χ4n) is 1.47. The highest BCUT2D eigenvalue weighted by molar-refractivity contribution is 5.87. The van der Waals surface area contributed by atoms with Crippen LogP contribution < -0.4 is 11.1 Å². The molecular formula is C9H9N7. The van der Waals surface area contributed by atoms with Gasteiger partial charge in [0, 0.05) is 12.4 Å². The molecular weight excluding hydrogens is 206 g/mol. The fraction of sp³-hybridized carbons (Fsp3) is 0. The second kappa shape index (κ2) is 3.23. The first-order valence-corrected chi connectivity index (χ1v) is 4.69. The summed E-state index contributed by atoms with van der Waals surface area (Å²) in [4.78, 5) is 11.4. The van der Waals surface area contributed by atoms with Crippen LogP contribution in [0.1, 0.15) is 0 Å². The molecule has 0 spiro atoms. The summed E-state index contributed by atoms with van der Waals surface area (Å²) < 4.78 is 0. The zero-order valence-corrected chi connectivity index (χ0v) is 8.23. The van der Waals surface area contributed by atoms with Gasteiger partial charge in [0.25, 0.3) is 0 Å². The smallest absolute Gasteiger partial charge is 0.231 e. The summed E-state index contributed by atoms with van der Waals surface area (Å²) in [5, 5.41) is 10.3. The van der Waals surface area contributed by atoms with Crippen LogP contribution in [0, 0.1) is 0 Å². The van der Waals surface area contributed by atoms with E-state index in [4.69, 9.17) is 5.73 Å². The lowest BCUT2D eigenvalue weighted by Crippen LogP contribution is -2.00. The number of H-pyrrole nitrogens is 2. The van der Waals surface area contributed by atoms with Crippen molar-refractivity contribution in [1.82, 2.24) is 25.1 Å². The molecule has 0 saturated heterocycles. The number of anilines is 3. The molecule has 0 amide bonds. The van der Waals surface area contributed by atoms with E-state index in [9.17, 15) is 0 Å². The third-order valence-corrected chi connectivity index (χ3v) is 2.20. The first kappa shape index (κ1) is 8.72. The normalized spacial score (nSPS) is 10.8. The minimum atomic E-state index is 0.439. The average Bonchev–Trinajstić information content (AvgIpc) is 2.87. The van der Waals surface area contributed by atoms with Crippen molar-refractivity contribution in [2.24, 2.45) is 0 Å². The van der Waals surface area contributed by atoms with Gasteiger partial charge in [0.2, 0.25) is 5.95 Å². The molecule has 3 aromatic rings. The van der Waals surface area contributed by atoms with Crippen molar-refractivity contribution in [3.8, 4) is 0 Å². The Morgan fingerprint density at radius 2 is 2.25 bits per heavy atom. The monoisotopic (exact) mass is 215 g/mol. The van der Waals surface area contributed by atoms with Crippen LogP contribution in [0.25, 0.3) is 11.0 Å². The Morgan fingerprint density at radius 1 is 1.31 bits per heavy atom. The van der Waals surface area contributed by atoms with Crippen LogP contribution in [0.15, 0.2) is 24.7 Å². The molecule has 0 saturated carbocycles. The van der Waals surface area contributed by atoms with E-state index in [1.54, 1.807) is 18.6 Å². The molecule has 0 atom stereocenters. The summed E-state index contributed by atoms with van der Waals surface area (Å²) in [6, 6.07) is 1.84. The van der Waals surface area contributed by atoms with Gasteiger partial charge in [0.15, 0.2) is 0 Å². The maximum absolute atomic E-state index is 5.80. The SMILES string of the molecule is Nc1nc(Nc2cn[nH]c2)nc2[nH]ccc12. The molecule has 0 aliphatic rings. The number of hydrogen-bond acceptors (Lipinski definition) is 5. The van der Waals surface area contributed by atoms with E-state index in [0.29, 0.717) is 17.4 Å². The number of aromatic nitrogens is 5. The number of nitrogens with one attached hydrogen (secondary N) is 3. The van der Waals surface area contributed by atoms with E-state index in [1.807, 2.05) is 6.07 Å².